The molecule has 2 N–H and O–H groups in total. The lowest BCUT2D eigenvalue weighted by Gasteiger charge is -2.25. The second-order valence-electron chi connectivity index (χ2n) is 6.44. The first kappa shape index (κ1) is 17.8. The molecule has 0 radical (unpaired) electrons. The molecule has 2 atom stereocenters. The van der Waals surface area contributed by atoms with E-state index in [4.69, 9.17) is 4.74 Å². The number of hydrogen-bond donors (Lipinski definition) is 2. The number of likely N-dealkylation sites (tertiary alicyclic amines) is 1. The van der Waals surface area contributed by atoms with Crippen molar-refractivity contribution in [3.05, 3.63) is 23.8 Å². The molecule has 0 spiro atoms. The number of anilines is 1. The number of urea groups is 1. The average molecular weight is 357 g/mol. The van der Waals surface area contributed by atoms with Gasteiger partial charge in [0.15, 0.2) is 0 Å². The summed E-state index contributed by atoms with van der Waals surface area (Å²) in [5, 5.41) is 6.07. The number of benzene rings is 1. The lowest BCUT2D eigenvalue weighted by atomic mass is 10.1. The quantitative estimate of drug-likeness (QED) is 0.871. The summed E-state index contributed by atoms with van der Waals surface area (Å²) in [5.74, 6) is 0.235. The molecule has 5 nitrogen and oxygen atoms in total. The van der Waals surface area contributed by atoms with Crippen LogP contribution in [0.1, 0.15) is 31.7 Å². The van der Waals surface area contributed by atoms with Crippen molar-refractivity contribution in [2.75, 3.05) is 25.0 Å². The first-order chi connectivity index (χ1) is 11.9. The zero-order valence-electron chi connectivity index (χ0n) is 14.0. The summed E-state index contributed by atoms with van der Waals surface area (Å²) in [6.45, 7) is 3.18. The number of carbonyl (C=O) groups is 1. The van der Waals surface area contributed by atoms with E-state index in [2.05, 4.69) is 10.6 Å². The van der Waals surface area contributed by atoms with Crippen LogP contribution in [0.25, 0.3) is 0 Å². The molecule has 0 aromatic heterocycles. The third kappa shape index (κ3) is 4.18. The molecule has 2 fully saturated rings. The molecule has 0 unspecified atom stereocenters. The van der Waals surface area contributed by atoms with Gasteiger partial charge in [-0.05, 0) is 44.4 Å². The van der Waals surface area contributed by atoms with Crippen molar-refractivity contribution in [3.8, 4) is 5.75 Å². The van der Waals surface area contributed by atoms with E-state index in [0.29, 0.717) is 25.7 Å². The first-order valence-electron chi connectivity index (χ1n) is 8.53. The van der Waals surface area contributed by atoms with E-state index in [0.717, 1.165) is 31.4 Å². The van der Waals surface area contributed by atoms with Crippen LogP contribution in [0, 0.1) is 0 Å². The van der Waals surface area contributed by atoms with Crippen molar-refractivity contribution in [3.63, 3.8) is 0 Å². The van der Waals surface area contributed by atoms with Gasteiger partial charge in [-0.1, -0.05) is 0 Å². The summed E-state index contributed by atoms with van der Waals surface area (Å²) < 4.78 is 44.2. The summed E-state index contributed by atoms with van der Waals surface area (Å²) in [4.78, 5) is 14.2. The largest absolute Gasteiger partial charge is 0.492 e. The summed E-state index contributed by atoms with van der Waals surface area (Å²) >= 11 is 0. The fourth-order valence-electron chi connectivity index (χ4n) is 3.41. The number of carbonyl (C=O) groups excluding carboxylic acids is 1. The van der Waals surface area contributed by atoms with E-state index in [-0.39, 0.29) is 17.5 Å². The highest BCUT2D eigenvalue weighted by atomic mass is 19.4. The molecule has 2 heterocycles. The van der Waals surface area contributed by atoms with Gasteiger partial charge in [-0.2, -0.15) is 13.2 Å². The summed E-state index contributed by atoms with van der Waals surface area (Å²) in [7, 11) is 0. The Morgan fingerprint density at radius 2 is 2.08 bits per heavy atom. The van der Waals surface area contributed by atoms with Gasteiger partial charge in [0.2, 0.25) is 0 Å². The molecule has 2 aliphatic heterocycles. The number of ether oxygens (including phenoxy) is 1. The van der Waals surface area contributed by atoms with E-state index < -0.39 is 17.8 Å². The monoisotopic (exact) mass is 357 g/mol. The molecular weight excluding hydrogens is 335 g/mol. The highest BCUT2D eigenvalue weighted by Gasteiger charge is 2.33. The van der Waals surface area contributed by atoms with E-state index in [1.54, 1.807) is 11.8 Å². The molecule has 1 aromatic rings. The smallest absolute Gasteiger partial charge is 0.416 e. The van der Waals surface area contributed by atoms with Gasteiger partial charge in [-0.3, -0.25) is 0 Å². The minimum Gasteiger partial charge on any atom is -0.492 e. The maximum atomic E-state index is 13.0. The summed E-state index contributed by atoms with van der Waals surface area (Å²) in [5.41, 5.74) is -0.771. The standard InChI is InChI=1S/C17H22F3N3O2/c1-2-25-15-6-3-11(17(18,19)20)9-14(15)22-16(24)23-8-7-12-4-5-13(10-23)21-12/h3,6,9,12-13,21H,2,4-5,7-8,10H2,1H3,(H,22,24)/t12-,13+/m1/s1. The number of nitrogens with zero attached hydrogens (tertiary/aromatic N) is 1. The Morgan fingerprint density at radius 3 is 2.80 bits per heavy atom. The van der Waals surface area contributed by atoms with Crippen LogP contribution in [-0.4, -0.2) is 42.7 Å². The van der Waals surface area contributed by atoms with Gasteiger partial charge in [0, 0.05) is 25.2 Å². The molecule has 2 aliphatic rings. The van der Waals surface area contributed by atoms with Crippen LogP contribution in [-0.2, 0) is 6.18 Å². The van der Waals surface area contributed by atoms with Crippen LogP contribution >= 0.6 is 0 Å². The summed E-state index contributed by atoms with van der Waals surface area (Å²) in [6, 6.07) is 3.41. The lowest BCUT2D eigenvalue weighted by Crippen LogP contribution is -2.41. The Kier molecular flexibility index (Phi) is 5.08. The van der Waals surface area contributed by atoms with Gasteiger partial charge >= 0.3 is 12.2 Å². The zero-order chi connectivity index (χ0) is 18.0. The molecule has 0 aliphatic carbocycles. The predicted octanol–water partition coefficient (Wildman–Crippen LogP) is 3.46. The van der Waals surface area contributed by atoms with Crippen LogP contribution in [0.15, 0.2) is 18.2 Å². The molecule has 2 amide bonds. The van der Waals surface area contributed by atoms with E-state index >= 15 is 0 Å². The number of hydrogen-bond acceptors (Lipinski definition) is 3. The van der Waals surface area contributed by atoms with Gasteiger partial charge < -0.3 is 20.3 Å². The third-order valence-electron chi connectivity index (χ3n) is 4.66. The maximum Gasteiger partial charge on any atom is 0.416 e. The van der Waals surface area contributed by atoms with E-state index in [1.165, 1.54) is 6.07 Å². The fraction of sp³-hybridized carbons (Fsp3) is 0.588. The van der Waals surface area contributed by atoms with Gasteiger partial charge in [0.1, 0.15) is 5.75 Å². The molecule has 2 bridgehead atoms. The van der Waals surface area contributed by atoms with Gasteiger partial charge in [-0.25, -0.2) is 4.79 Å². The normalized spacial score (nSPS) is 23.3. The highest BCUT2D eigenvalue weighted by Crippen LogP contribution is 2.35. The van der Waals surface area contributed by atoms with Crippen LogP contribution in [0.5, 0.6) is 5.75 Å². The van der Waals surface area contributed by atoms with Gasteiger partial charge in [0.05, 0.1) is 17.9 Å². The lowest BCUT2D eigenvalue weighted by molar-refractivity contribution is -0.137. The van der Waals surface area contributed by atoms with Gasteiger partial charge in [-0.15, -0.1) is 0 Å². The van der Waals surface area contributed by atoms with E-state index in [1.807, 2.05) is 0 Å². The van der Waals surface area contributed by atoms with Crippen LogP contribution in [0.3, 0.4) is 0 Å². The zero-order valence-corrected chi connectivity index (χ0v) is 14.0. The second kappa shape index (κ2) is 7.11. The summed E-state index contributed by atoms with van der Waals surface area (Å²) in [6.07, 6.45) is -1.49. The minimum absolute atomic E-state index is 0.0454. The number of amides is 2. The molecule has 2 saturated heterocycles. The van der Waals surface area contributed by atoms with Gasteiger partial charge in [0.25, 0.3) is 0 Å². The van der Waals surface area contributed by atoms with Crippen LogP contribution < -0.4 is 15.4 Å². The maximum absolute atomic E-state index is 13.0. The van der Waals surface area contributed by atoms with Crippen LogP contribution in [0.4, 0.5) is 23.7 Å². The Morgan fingerprint density at radius 1 is 1.32 bits per heavy atom. The number of rotatable bonds is 3. The first-order valence-corrected chi connectivity index (χ1v) is 8.53. The third-order valence-corrected chi connectivity index (χ3v) is 4.66. The SMILES string of the molecule is CCOc1ccc(C(F)(F)F)cc1NC(=O)N1CC[C@H]2CC[C@@H](C1)N2. The number of fused-ring (bicyclic) bond motifs is 2. The van der Waals surface area contributed by atoms with Crippen molar-refractivity contribution >= 4 is 11.7 Å². The Labute approximate surface area is 144 Å². The van der Waals surface area contributed by atoms with Crippen molar-refractivity contribution in [2.24, 2.45) is 0 Å². The second-order valence-corrected chi connectivity index (χ2v) is 6.44. The Balaban J connectivity index is 1.76. The highest BCUT2D eigenvalue weighted by molar-refractivity contribution is 5.91. The van der Waals surface area contributed by atoms with Crippen molar-refractivity contribution in [1.82, 2.24) is 10.2 Å². The van der Waals surface area contributed by atoms with Crippen molar-refractivity contribution in [2.45, 2.75) is 44.4 Å². The predicted molar refractivity (Wildman–Crippen MR) is 87.8 cm³/mol. The molecular formula is C17H22F3N3O2. The van der Waals surface area contributed by atoms with Crippen molar-refractivity contribution < 1.29 is 22.7 Å². The average Bonchev–Trinajstić information content (AvgIpc) is 2.87. The molecule has 0 saturated carbocycles. The molecule has 8 heteroatoms. The van der Waals surface area contributed by atoms with Crippen LogP contribution in [0.2, 0.25) is 0 Å². The topological polar surface area (TPSA) is 53.6 Å². The molecule has 138 valence electrons. The molecule has 1 aromatic carbocycles. The Bertz CT molecular complexity index is 636. The van der Waals surface area contributed by atoms with Crippen molar-refractivity contribution in [1.29, 1.82) is 0 Å². The number of nitrogens with one attached hydrogen (secondary N) is 2. The Hall–Kier alpha value is -1.96. The minimum atomic E-state index is -4.48. The molecule has 25 heavy (non-hydrogen) atoms. The van der Waals surface area contributed by atoms with E-state index in [9.17, 15) is 18.0 Å². The number of alkyl halides is 3. The fourth-order valence-corrected chi connectivity index (χ4v) is 3.41. The number of halogens is 3. The molecule has 3 rings (SSSR count).